The molecule has 0 spiro atoms. The average molecular weight is 400 g/mol. The van der Waals surface area contributed by atoms with E-state index in [1.807, 2.05) is 34.9 Å². The van der Waals surface area contributed by atoms with Crippen LogP contribution in [0.5, 0.6) is 0 Å². The fourth-order valence-corrected chi connectivity index (χ4v) is 3.37. The van der Waals surface area contributed by atoms with Gasteiger partial charge in [0.2, 0.25) is 5.91 Å². The zero-order valence-electron chi connectivity index (χ0n) is 15.5. The van der Waals surface area contributed by atoms with Crippen molar-refractivity contribution in [1.82, 2.24) is 20.1 Å². The summed E-state index contributed by atoms with van der Waals surface area (Å²) < 4.78 is 20.1. The van der Waals surface area contributed by atoms with E-state index in [-0.39, 0.29) is 17.5 Å². The van der Waals surface area contributed by atoms with Gasteiger partial charge in [0.1, 0.15) is 5.82 Å². The van der Waals surface area contributed by atoms with Crippen LogP contribution in [0.1, 0.15) is 6.42 Å². The van der Waals surface area contributed by atoms with Crippen molar-refractivity contribution >= 4 is 17.7 Å². The molecule has 6 nitrogen and oxygen atoms in total. The largest absolute Gasteiger partial charge is 0.385 e. The van der Waals surface area contributed by atoms with Gasteiger partial charge in [-0.05, 0) is 42.8 Å². The molecule has 0 aliphatic heterocycles. The second kappa shape index (κ2) is 10.0. The monoisotopic (exact) mass is 400 g/mol. The van der Waals surface area contributed by atoms with Crippen LogP contribution in [0.4, 0.5) is 4.39 Å². The number of benzene rings is 2. The van der Waals surface area contributed by atoms with E-state index < -0.39 is 0 Å². The maximum absolute atomic E-state index is 13.3. The Bertz CT molecular complexity index is 900. The summed E-state index contributed by atoms with van der Waals surface area (Å²) in [6.45, 7) is 1.18. The number of ether oxygens (including phenoxy) is 1. The van der Waals surface area contributed by atoms with Crippen LogP contribution in [0.3, 0.4) is 0 Å². The lowest BCUT2D eigenvalue weighted by molar-refractivity contribution is -0.118. The number of thioether (sulfide) groups is 1. The molecule has 1 heterocycles. The molecule has 28 heavy (non-hydrogen) atoms. The number of amides is 1. The molecular formula is C20H21FN4O2S. The maximum atomic E-state index is 13.3. The lowest BCUT2D eigenvalue weighted by atomic mass is 10.2. The Hall–Kier alpha value is -2.71. The van der Waals surface area contributed by atoms with E-state index in [4.69, 9.17) is 4.74 Å². The summed E-state index contributed by atoms with van der Waals surface area (Å²) in [5.41, 5.74) is 1.61. The van der Waals surface area contributed by atoms with Crippen molar-refractivity contribution in [1.29, 1.82) is 0 Å². The predicted molar refractivity (Wildman–Crippen MR) is 107 cm³/mol. The van der Waals surface area contributed by atoms with Gasteiger partial charge in [0, 0.05) is 31.5 Å². The molecule has 0 aliphatic rings. The molecule has 8 heteroatoms. The Morgan fingerprint density at radius 3 is 2.61 bits per heavy atom. The first kappa shape index (κ1) is 20.0. The summed E-state index contributed by atoms with van der Waals surface area (Å²) in [5, 5.41) is 12.0. The van der Waals surface area contributed by atoms with Gasteiger partial charge in [0.05, 0.1) is 5.75 Å². The van der Waals surface area contributed by atoms with Crippen molar-refractivity contribution < 1.29 is 13.9 Å². The van der Waals surface area contributed by atoms with Crippen LogP contribution >= 0.6 is 11.8 Å². The van der Waals surface area contributed by atoms with Crippen molar-refractivity contribution in [3.63, 3.8) is 0 Å². The van der Waals surface area contributed by atoms with Gasteiger partial charge in [-0.15, -0.1) is 10.2 Å². The summed E-state index contributed by atoms with van der Waals surface area (Å²) in [4.78, 5) is 12.1. The molecule has 1 N–H and O–H groups in total. The van der Waals surface area contributed by atoms with Crippen molar-refractivity contribution in [2.45, 2.75) is 11.6 Å². The first-order valence-corrected chi connectivity index (χ1v) is 9.83. The highest BCUT2D eigenvalue weighted by atomic mass is 32.2. The minimum Gasteiger partial charge on any atom is -0.385 e. The molecule has 0 unspecified atom stereocenters. The SMILES string of the molecule is COCCCNC(=O)CSc1nnc(-c2ccc(F)cc2)n1-c1ccccc1. The lowest BCUT2D eigenvalue weighted by Gasteiger charge is -2.10. The summed E-state index contributed by atoms with van der Waals surface area (Å²) in [6.07, 6.45) is 0.766. The first-order valence-electron chi connectivity index (χ1n) is 8.84. The number of nitrogens with one attached hydrogen (secondary N) is 1. The summed E-state index contributed by atoms with van der Waals surface area (Å²) >= 11 is 1.30. The highest BCUT2D eigenvalue weighted by molar-refractivity contribution is 7.99. The Morgan fingerprint density at radius 1 is 1.14 bits per heavy atom. The quantitative estimate of drug-likeness (QED) is 0.441. The summed E-state index contributed by atoms with van der Waals surface area (Å²) in [7, 11) is 1.63. The molecule has 0 saturated heterocycles. The third-order valence-corrected chi connectivity index (χ3v) is 4.86. The first-order chi connectivity index (χ1) is 13.7. The van der Waals surface area contributed by atoms with Crippen LogP contribution in [0.2, 0.25) is 0 Å². The van der Waals surface area contributed by atoms with Crippen LogP contribution in [-0.4, -0.2) is 46.7 Å². The molecule has 0 atom stereocenters. The van der Waals surface area contributed by atoms with E-state index in [1.54, 1.807) is 19.2 Å². The highest BCUT2D eigenvalue weighted by Gasteiger charge is 2.17. The van der Waals surface area contributed by atoms with Gasteiger partial charge >= 0.3 is 0 Å². The number of para-hydroxylation sites is 1. The fraction of sp³-hybridized carbons (Fsp3) is 0.250. The zero-order chi connectivity index (χ0) is 19.8. The van der Waals surface area contributed by atoms with Crippen molar-refractivity contribution in [3.05, 3.63) is 60.4 Å². The van der Waals surface area contributed by atoms with Gasteiger partial charge in [-0.2, -0.15) is 0 Å². The molecule has 3 rings (SSSR count). The fourth-order valence-electron chi connectivity index (χ4n) is 2.58. The number of halogens is 1. The van der Waals surface area contributed by atoms with E-state index in [1.165, 1.54) is 23.9 Å². The number of aromatic nitrogens is 3. The third kappa shape index (κ3) is 5.17. The smallest absolute Gasteiger partial charge is 0.230 e. The van der Waals surface area contributed by atoms with Gasteiger partial charge < -0.3 is 10.1 Å². The number of rotatable bonds is 9. The van der Waals surface area contributed by atoms with E-state index >= 15 is 0 Å². The highest BCUT2D eigenvalue weighted by Crippen LogP contribution is 2.27. The normalized spacial score (nSPS) is 10.8. The topological polar surface area (TPSA) is 69.0 Å². The van der Waals surface area contributed by atoms with E-state index in [2.05, 4.69) is 15.5 Å². The van der Waals surface area contributed by atoms with Crippen molar-refractivity contribution in [2.24, 2.45) is 0 Å². The molecule has 0 bridgehead atoms. The van der Waals surface area contributed by atoms with Crippen LogP contribution in [-0.2, 0) is 9.53 Å². The van der Waals surface area contributed by atoms with Gasteiger partial charge in [-0.3, -0.25) is 9.36 Å². The van der Waals surface area contributed by atoms with E-state index in [0.717, 1.165) is 17.7 Å². The summed E-state index contributed by atoms with van der Waals surface area (Å²) in [5.74, 6) is 0.428. The zero-order valence-corrected chi connectivity index (χ0v) is 16.3. The Morgan fingerprint density at radius 2 is 1.89 bits per heavy atom. The number of hydrogen-bond donors (Lipinski definition) is 1. The molecular weight excluding hydrogens is 379 g/mol. The molecule has 2 aromatic carbocycles. The van der Waals surface area contributed by atoms with Crippen molar-refractivity contribution in [3.8, 4) is 17.1 Å². The molecule has 0 aliphatic carbocycles. The Labute approximate surface area is 167 Å². The molecule has 146 valence electrons. The molecule has 0 fully saturated rings. The predicted octanol–water partition coefficient (Wildman–Crippen LogP) is 3.32. The number of nitrogens with zero attached hydrogens (tertiary/aromatic N) is 3. The summed E-state index contributed by atoms with van der Waals surface area (Å²) in [6, 6.07) is 15.7. The lowest BCUT2D eigenvalue weighted by Crippen LogP contribution is -2.26. The Kier molecular flexibility index (Phi) is 7.16. The van der Waals surface area contributed by atoms with E-state index in [9.17, 15) is 9.18 Å². The van der Waals surface area contributed by atoms with Gasteiger partial charge in [-0.25, -0.2) is 4.39 Å². The molecule has 0 radical (unpaired) electrons. The van der Waals surface area contributed by atoms with Crippen LogP contribution < -0.4 is 5.32 Å². The Balaban J connectivity index is 1.79. The second-order valence-corrected chi connectivity index (χ2v) is 6.91. The average Bonchev–Trinajstić information content (AvgIpc) is 3.15. The van der Waals surface area contributed by atoms with Crippen LogP contribution in [0.25, 0.3) is 17.1 Å². The standard InChI is InChI=1S/C20H21FN4O2S/c1-27-13-5-12-22-18(26)14-28-20-24-23-19(15-8-10-16(21)11-9-15)25(20)17-6-3-2-4-7-17/h2-4,6-11H,5,12-14H2,1H3,(H,22,26). The van der Waals surface area contributed by atoms with Gasteiger partial charge in [0.15, 0.2) is 11.0 Å². The number of carbonyl (C=O) groups excluding carboxylic acids is 1. The number of hydrogen-bond acceptors (Lipinski definition) is 5. The van der Waals surface area contributed by atoms with Gasteiger partial charge in [0.25, 0.3) is 0 Å². The third-order valence-electron chi connectivity index (χ3n) is 3.93. The minimum absolute atomic E-state index is 0.0768. The number of carbonyl (C=O) groups is 1. The van der Waals surface area contributed by atoms with Crippen LogP contribution in [0.15, 0.2) is 59.8 Å². The maximum Gasteiger partial charge on any atom is 0.230 e. The van der Waals surface area contributed by atoms with Gasteiger partial charge in [-0.1, -0.05) is 30.0 Å². The number of methoxy groups -OCH3 is 1. The molecule has 3 aromatic rings. The second-order valence-electron chi connectivity index (χ2n) is 5.97. The van der Waals surface area contributed by atoms with Crippen molar-refractivity contribution in [2.75, 3.05) is 26.0 Å². The minimum atomic E-state index is -0.311. The van der Waals surface area contributed by atoms with Crippen LogP contribution in [0, 0.1) is 5.82 Å². The molecule has 1 amide bonds. The van der Waals surface area contributed by atoms with E-state index in [0.29, 0.717) is 24.1 Å². The molecule has 0 saturated carbocycles. The molecule has 1 aromatic heterocycles.